The standard InChI is InChI=1S/C15H11N3O2/c19-14-6-11-4-2-1-3-10(11)5-13(14)15(20)18-12-7-16-9-17-8-12/h1-9,19H,(H,18,20). The van der Waals surface area contributed by atoms with E-state index in [9.17, 15) is 9.90 Å². The Morgan fingerprint density at radius 2 is 1.70 bits per heavy atom. The van der Waals surface area contributed by atoms with Crippen LogP contribution < -0.4 is 5.32 Å². The number of aromatic nitrogens is 2. The Morgan fingerprint density at radius 3 is 2.40 bits per heavy atom. The first-order valence-electron chi connectivity index (χ1n) is 6.02. The van der Waals surface area contributed by atoms with Crippen LogP contribution in [0, 0.1) is 0 Å². The van der Waals surface area contributed by atoms with Gasteiger partial charge in [0.05, 0.1) is 23.6 Å². The number of carbonyl (C=O) groups is 1. The van der Waals surface area contributed by atoms with Gasteiger partial charge in [0.25, 0.3) is 5.91 Å². The minimum Gasteiger partial charge on any atom is -0.507 e. The van der Waals surface area contributed by atoms with Crippen molar-refractivity contribution in [1.29, 1.82) is 0 Å². The first-order chi connectivity index (χ1) is 9.74. The van der Waals surface area contributed by atoms with Crippen LogP contribution in [-0.2, 0) is 0 Å². The van der Waals surface area contributed by atoms with Crippen LogP contribution in [0.2, 0.25) is 0 Å². The fourth-order valence-corrected chi connectivity index (χ4v) is 1.97. The molecule has 0 aliphatic rings. The van der Waals surface area contributed by atoms with Crippen LogP contribution >= 0.6 is 0 Å². The molecule has 2 N–H and O–H groups in total. The SMILES string of the molecule is O=C(Nc1cncnc1)c1cc2ccccc2cc1O. The van der Waals surface area contributed by atoms with Gasteiger partial charge in [-0.1, -0.05) is 24.3 Å². The molecule has 0 fully saturated rings. The normalized spacial score (nSPS) is 10.4. The molecule has 0 saturated carbocycles. The first kappa shape index (κ1) is 12.1. The van der Waals surface area contributed by atoms with Crippen molar-refractivity contribution >= 4 is 22.4 Å². The average molecular weight is 265 g/mol. The number of carbonyl (C=O) groups excluding carboxylic acids is 1. The third-order valence-electron chi connectivity index (χ3n) is 2.93. The fraction of sp³-hybridized carbons (Fsp3) is 0. The number of aromatic hydroxyl groups is 1. The summed E-state index contributed by atoms with van der Waals surface area (Å²) >= 11 is 0. The molecule has 98 valence electrons. The molecular weight excluding hydrogens is 254 g/mol. The molecule has 0 saturated heterocycles. The van der Waals surface area contributed by atoms with Gasteiger partial charge < -0.3 is 10.4 Å². The fourth-order valence-electron chi connectivity index (χ4n) is 1.97. The monoisotopic (exact) mass is 265 g/mol. The molecule has 0 aliphatic carbocycles. The molecule has 3 rings (SSSR count). The molecule has 0 atom stereocenters. The molecule has 2 aromatic carbocycles. The summed E-state index contributed by atoms with van der Waals surface area (Å²) in [6.07, 6.45) is 4.36. The molecule has 5 heteroatoms. The minimum absolute atomic E-state index is 0.0574. The third kappa shape index (κ3) is 2.29. The molecule has 0 aliphatic heterocycles. The van der Waals surface area contributed by atoms with E-state index in [0.29, 0.717) is 5.69 Å². The molecule has 1 amide bonds. The van der Waals surface area contributed by atoms with Crippen LogP contribution in [0.3, 0.4) is 0 Å². The number of phenolic OH excluding ortho intramolecular Hbond substituents is 1. The summed E-state index contributed by atoms with van der Waals surface area (Å²) in [5, 5.41) is 14.4. The van der Waals surface area contributed by atoms with E-state index in [0.717, 1.165) is 10.8 Å². The second-order valence-corrected chi connectivity index (χ2v) is 4.30. The van der Waals surface area contributed by atoms with Gasteiger partial charge >= 0.3 is 0 Å². The number of nitrogens with one attached hydrogen (secondary N) is 1. The van der Waals surface area contributed by atoms with E-state index in [1.54, 1.807) is 12.1 Å². The summed E-state index contributed by atoms with van der Waals surface area (Å²) < 4.78 is 0. The number of fused-ring (bicyclic) bond motifs is 1. The molecule has 1 aromatic heterocycles. The maximum atomic E-state index is 12.2. The van der Waals surface area contributed by atoms with Gasteiger partial charge in [0.2, 0.25) is 0 Å². The van der Waals surface area contributed by atoms with Gasteiger partial charge in [0.1, 0.15) is 12.1 Å². The Morgan fingerprint density at radius 1 is 1.05 bits per heavy atom. The molecule has 1 heterocycles. The highest BCUT2D eigenvalue weighted by molar-refractivity contribution is 6.08. The highest BCUT2D eigenvalue weighted by atomic mass is 16.3. The quantitative estimate of drug-likeness (QED) is 0.746. The second-order valence-electron chi connectivity index (χ2n) is 4.30. The molecular formula is C15H11N3O2. The molecule has 0 bridgehead atoms. The van der Waals surface area contributed by atoms with Gasteiger partial charge in [0, 0.05) is 0 Å². The van der Waals surface area contributed by atoms with Crippen molar-refractivity contribution < 1.29 is 9.90 Å². The van der Waals surface area contributed by atoms with Crippen LogP contribution in [0.25, 0.3) is 10.8 Å². The molecule has 0 unspecified atom stereocenters. The van der Waals surface area contributed by atoms with Crippen molar-refractivity contribution in [3.63, 3.8) is 0 Å². The largest absolute Gasteiger partial charge is 0.507 e. The Kier molecular flexibility index (Phi) is 3.01. The minimum atomic E-state index is -0.400. The zero-order valence-corrected chi connectivity index (χ0v) is 10.4. The van der Waals surface area contributed by atoms with Gasteiger partial charge in [-0.25, -0.2) is 9.97 Å². The topological polar surface area (TPSA) is 75.1 Å². The van der Waals surface area contributed by atoms with E-state index in [2.05, 4.69) is 15.3 Å². The van der Waals surface area contributed by atoms with Gasteiger partial charge in [-0.15, -0.1) is 0 Å². The molecule has 0 spiro atoms. The lowest BCUT2D eigenvalue weighted by atomic mass is 10.1. The summed E-state index contributed by atoms with van der Waals surface area (Å²) in [5.74, 6) is -0.457. The number of amides is 1. The highest BCUT2D eigenvalue weighted by Crippen LogP contribution is 2.25. The van der Waals surface area contributed by atoms with E-state index in [4.69, 9.17) is 0 Å². The maximum Gasteiger partial charge on any atom is 0.259 e. The highest BCUT2D eigenvalue weighted by Gasteiger charge is 2.12. The van der Waals surface area contributed by atoms with Gasteiger partial charge in [0.15, 0.2) is 0 Å². The Balaban J connectivity index is 1.97. The smallest absolute Gasteiger partial charge is 0.259 e. The van der Waals surface area contributed by atoms with E-state index in [-0.39, 0.29) is 11.3 Å². The lowest BCUT2D eigenvalue weighted by Crippen LogP contribution is -2.12. The van der Waals surface area contributed by atoms with Gasteiger partial charge in [-0.05, 0) is 22.9 Å². The molecule has 20 heavy (non-hydrogen) atoms. The van der Waals surface area contributed by atoms with Crippen LogP contribution in [0.1, 0.15) is 10.4 Å². The van der Waals surface area contributed by atoms with Crippen molar-refractivity contribution in [2.24, 2.45) is 0 Å². The number of anilines is 1. The summed E-state index contributed by atoms with van der Waals surface area (Å²) in [4.78, 5) is 19.8. The predicted molar refractivity (Wildman–Crippen MR) is 75.6 cm³/mol. The molecule has 5 nitrogen and oxygen atoms in total. The van der Waals surface area contributed by atoms with Crippen LogP contribution in [0.4, 0.5) is 5.69 Å². The van der Waals surface area contributed by atoms with Crippen molar-refractivity contribution in [2.45, 2.75) is 0 Å². The average Bonchev–Trinajstić information content (AvgIpc) is 2.47. The number of rotatable bonds is 2. The molecule has 0 radical (unpaired) electrons. The number of benzene rings is 2. The van der Waals surface area contributed by atoms with Crippen molar-refractivity contribution in [2.75, 3.05) is 5.32 Å². The third-order valence-corrected chi connectivity index (χ3v) is 2.93. The molecule has 3 aromatic rings. The summed E-state index contributed by atoms with van der Waals surface area (Å²) in [5.41, 5.74) is 0.692. The lowest BCUT2D eigenvalue weighted by molar-refractivity contribution is 0.102. The number of hydrogen-bond donors (Lipinski definition) is 2. The van der Waals surface area contributed by atoms with Crippen LogP contribution in [-0.4, -0.2) is 21.0 Å². The Bertz CT molecular complexity index is 772. The van der Waals surface area contributed by atoms with E-state index >= 15 is 0 Å². The number of hydrogen-bond acceptors (Lipinski definition) is 4. The van der Waals surface area contributed by atoms with Crippen LogP contribution in [0.5, 0.6) is 5.75 Å². The van der Waals surface area contributed by atoms with E-state index in [1.165, 1.54) is 18.7 Å². The number of phenols is 1. The van der Waals surface area contributed by atoms with Gasteiger partial charge in [-0.2, -0.15) is 0 Å². The zero-order chi connectivity index (χ0) is 13.9. The van der Waals surface area contributed by atoms with Crippen molar-refractivity contribution in [3.05, 3.63) is 60.7 Å². The summed E-state index contributed by atoms with van der Waals surface area (Å²) in [6, 6.07) is 10.8. The maximum absolute atomic E-state index is 12.2. The summed E-state index contributed by atoms with van der Waals surface area (Å²) in [6.45, 7) is 0. The zero-order valence-electron chi connectivity index (χ0n) is 10.4. The Labute approximate surface area is 114 Å². The van der Waals surface area contributed by atoms with Gasteiger partial charge in [-0.3, -0.25) is 4.79 Å². The summed E-state index contributed by atoms with van der Waals surface area (Å²) in [7, 11) is 0. The lowest BCUT2D eigenvalue weighted by Gasteiger charge is -2.07. The van der Waals surface area contributed by atoms with E-state index in [1.807, 2.05) is 24.3 Å². The van der Waals surface area contributed by atoms with E-state index < -0.39 is 5.91 Å². The van der Waals surface area contributed by atoms with Crippen molar-refractivity contribution in [3.8, 4) is 5.75 Å². The second kappa shape index (κ2) is 4.97. The first-order valence-corrected chi connectivity index (χ1v) is 6.02. The van der Waals surface area contributed by atoms with Crippen LogP contribution in [0.15, 0.2) is 55.1 Å². The number of nitrogens with zero attached hydrogens (tertiary/aromatic N) is 2. The Hall–Kier alpha value is -2.95. The van der Waals surface area contributed by atoms with Crippen molar-refractivity contribution in [1.82, 2.24) is 9.97 Å². The predicted octanol–water partition coefficient (Wildman–Crippen LogP) is 2.59.